The van der Waals surface area contributed by atoms with Crippen LogP contribution in [0.3, 0.4) is 0 Å². The molecule has 4 nitrogen and oxygen atoms in total. The first-order valence-corrected chi connectivity index (χ1v) is 7.92. The van der Waals surface area contributed by atoms with Gasteiger partial charge in [-0.15, -0.1) is 0 Å². The van der Waals surface area contributed by atoms with Crippen molar-refractivity contribution in [2.75, 3.05) is 17.2 Å². The molecule has 1 atom stereocenters. The second-order valence-electron chi connectivity index (χ2n) is 6.41. The molecule has 0 spiro atoms. The normalized spacial score (nSPS) is 20.9. The molecule has 1 fully saturated rings. The van der Waals surface area contributed by atoms with E-state index in [9.17, 15) is 0 Å². The average molecular weight is 276 g/mol. The van der Waals surface area contributed by atoms with Crippen molar-refractivity contribution in [2.45, 2.75) is 65.8 Å². The van der Waals surface area contributed by atoms with Crippen molar-refractivity contribution in [1.29, 1.82) is 0 Å². The molecule has 1 aliphatic carbocycles. The third-order valence-corrected chi connectivity index (χ3v) is 4.36. The number of nitrogens with one attached hydrogen (secondary N) is 2. The predicted molar refractivity (Wildman–Crippen MR) is 85.2 cm³/mol. The van der Waals surface area contributed by atoms with Gasteiger partial charge in [0.15, 0.2) is 0 Å². The summed E-state index contributed by atoms with van der Waals surface area (Å²) >= 11 is 0. The molecule has 0 bridgehead atoms. The highest BCUT2D eigenvalue weighted by molar-refractivity contribution is 5.58. The van der Waals surface area contributed by atoms with Crippen molar-refractivity contribution in [3.05, 3.63) is 11.9 Å². The largest absolute Gasteiger partial charge is 0.370 e. The second-order valence-corrected chi connectivity index (χ2v) is 6.41. The van der Waals surface area contributed by atoms with E-state index in [1.807, 2.05) is 0 Å². The van der Waals surface area contributed by atoms with Gasteiger partial charge in [-0.2, -0.15) is 0 Å². The molecule has 1 aromatic heterocycles. The first-order valence-electron chi connectivity index (χ1n) is 7.92. The highest BCUT2D eigenvalue weighted by Gasteiger charge is 2.35. The Balaban J connectivity index is 2.24. The van der Waals surface area contributed by atoms with Crippen molar-refractivity contribution in [2.24, 2.45) is 5.41 Å². The Labute approximate surface area is 122 Å². The van der Waals surface area contributed by atoms with E-state index < -0.39 is 0 Å². The van der Waals surface area contributed by atoms with Crippen molar-refractivity contribution in [3.63, 3.8) is 0 Å². The van der Waals surface area contributed by atoms with Gasteiger partial charge in [0.05, 0.1) is 0 Å². The summed E-state index contributed by atoms with van der Waals surface area (Å²) in [5, 5.41) is 7.05. The van der Waals surface area contributed by atoms with Gasteiger partial charge in [-0.05, 0) is 31.6 Å². The lowest BCUT2D eigenvalue weighted by molar-refractivity contribution is 0.349. The number of hydrogen-bond donors (Lipinski definition) is 2. The van der Waals surface area contributed by atoms with Crippen LogP contribution in [0, 0.1) is 5.41 Å². The van der Waals surface area contributed by atoms with E-state index in [0.29, 0.717) is 11.5 Å². The van der Waals surface area contributed by atoms with Gasteiger partial charge in [0.1, 0.15) is 18.0 Å². The molecule has 1 saturated carbocycles. The fourth-order valence-corrected chi connectivity index (χ4v) is 3.10. The fraction of sp³-hybridized carbons (Fsp3) is 0.750. The predicted octanol–water partition coefficient (Wildman–Crippen LogP) is 3.85. The third kappa shape index (κ3) is 3.22. The van der Waals surface area contributed by atoms with Crippen molar-refractivity contribution in [1.82, 2.24) is 9.97 Å². The summed E-state index contributed by atoms with van der Waals surface area (Å²) in [7, 11) is 0. The minimum absolute atomic E-state index is 0.354. The minimum Gasteiger partial charge on any atom is -0.370 e. The van der Waals surface area contributed by atoms with Gasteiger partial charge >= 0.3 is 0 Å². The van der Waals surface area contributed by atoms with E-state index in [1.165, 1.54) is 24.8 Å². The number of hydrogen-bond acceptors (Lipinski definition) is 4. The maximum Gasteiger partial charge on any atom is 0.134 e. The summed E-state index contributed by atoms with van der Waals surface area (Å²) in [6, 6.07) is 0.516. The summed E-state index contributed by atoms with van der Waals surface area (Å²) in [6.45, 7) is 9.90. The van der Waals surface area contributed by atoms with Gasteiger partial charge in [-0.1, -0.05) is 33.6 Å². The zero-order valence-corrected chi connectivity index (χ0v) is 13.3. The van der Waals surface area contributed by atoms with Gasteiger partial charge in [0.25, 0.3) is 0 Å². The molecule has 1 unspecified atom stereocenters. The second kappa shape index (κ2) is 6.42. The molecule has 2 rings (SSSR count). The third-order valence-electron chi connectivity index (χ3n) is 4.36. The summed E-state index contributed by atoms with van der Waals surface area (Å²) in [4.78, 5) is 8.90. The van der Waals surface area contributed by atoms with Crippen LogP contribution in [0.25, 0.3) is 0 Å². The zero-order valence-electron chi connectivity index (χ0n) is 13.3. The summed E-state index contributed by atoms with van der Waals surface area (Å²) < 4.78 is 0. The molecule has 0 aromatic carbocycles. The molecular weight excluding hydrogens is 248 g/mol. The van der Waals surface area contributed by atoms with Gasteiger partial charge < -0.3 is 10.6 Å². The Kier molecular flexibility index (Phi) is 4.84. The van der Waals surface area contributed by atoms with Gasteiger partial charge in [-0.25, -0.2) is 9.97 Å². The van der Waals surface area contributed by atoms with E-state index in [0.717, 1.165) is 31.0 Å². The molecule has 1 aromatic rings. The number of rotatable bonds is 6. The lowest BCUT2D eigenvalue weighted by Crippen LogP contribution is -2.31. The van der Waals surface area contributed by atoms with Crippen LogP contribution >= 0.6 is 0 Å². The molecule has 4 heteroatoms. The Morgan fingerprint density at radius 1 is 1.25 bits per heavy atom. The summed E-state index contributed by atoms with van der Waals surface area (Å²) in [5.41, 5.74) is 1.59. The molecule has 1 heterocycles. The Morgan fingerprint density at radius 2 is 2.00 bits per heavy atom. The fourth-order valence-electron chi connectivity index (χ4n) is 3.10. The molecular formula is C16H28N4. The molecule has 20 heavy (non-hydrogen) atoms. The monoisotopic (exact) mass is 276 g/mol. The first-order chi connectivity index (χ1) is 9.58. The smallest absolute Gasteiger partial charge is 0.134 e. The molecule has 0 amide bonds. The Morgan fingerprint density at radius 3 is 2.60 bits per heavy atom. The molecule has 0 radical (unpaired) electrons. The van der Waals surface area contributed by atoms with Crippen LogP contribution in [0.2, 0.25) is 0 Å². The van der Waals surface area contributed by atoms with Crippen LogP contribution in [0.4, 0.5) is 11.6 Å². The van der Waals surface area contributed by atoms with E-state index in [1.54, 1.807) is 6.33 Å². The maximum atomic E-state index is 4.51. The number of aromatic nitrogens is 2. The molecule has 0 saturated heterocycles. The quantitative estimate of drug-likeness (QED) is 0.828. The average Bonchev–Trinajstić information content (AvgIpc) is 2.73. The zero-order chi connectivity index (χ0) is 14.6. The lowest BCUT2D eigenvalue weighted by Gasteiger charge is -2.29. The first kappa shape index (κ1) is 15.1. The minimum atomic E-state index is 0.354. The highest BCUT2D eigenvalue weighted by atomic mass is 15.1. The molecule has 0 aliphatic heterocycles. The summed E-state index contributed by atoms with van der Waals surface area (Å²) in [5.74, 6) is 2.01. The number of nitrogens with zero attached hydrogens (tertiary/aromatic N) is 2. The van der Waals surface area contributed by atoms with E-state index in [2.05, 4.69) is 48.3 Å². The lowest BCUT2D eigenvalue weighted by atomic mass is 9.87. The maximum absolute atomic E-state index is 4.51. The highest BCUT2D eigenvalue weighted by Crippen LogP contribution is 2.39. The van der Waals surface area contributed by atoms with Gasteiger partial charge in [0, 0.05) is 18.2 Å². The van der Waals surface area contributed by atoms with Gasteiger partial charge in [-0.3, -0.25) is 0 Å². The van der Waals surface area contributed by atoms with Crippen LogP contribution in [-0.4, -0.2) is 22.6 Å². The molecule has 112 valence electrons. The van der Waals surface area contributed by atoms with Crippen LogP contribution in [0.1, 0.15) is 58.9 Å². The van der Waals surface area contributed by atoms with Crippen LogP contribution < -0.4 is 10.6 Å². The molecule has 1 aliphatic rings. The SMILES string of the molecule is CCCc1c(NCC)ncnc1NC1CCCC1(C)C. The topological polar surface area (TPSA) is 49.8 Å². The van der Waals surface area contributed by atoms with E-state index in [4.69, 9.17) is 0 Å². The van der Waals surface area contributed by atoms with E-state index in [-0.39, 0.29) is 0 Å². The standard InChI is InChI=1S/C16H28N4/c1-5-8-12-14(17-6-2)18-11-19-15(12)20-13-9-7-10-16(13,3)4/h11,13H,5-10H2,1-4H3,(H2,17,18,19,20). The van der Waals surface area contributed by atoms with Crippen LogP contribution in [0.15, 0.2) is 6.33 Å². The Hall–Kier alpha value is -1.32. The molecule has 2 N–H and O–H groups in total. The van der Waals surface area contributed by atoms with Crippen molar-refractivity contribution in [3.8, 4) is 0 Å². The van der Waals surface area contributed by atoms with E-state index >= 15 is 0 Å². The number of anilines is 2. The Bertz CT molecular complexity index is 442. The summed E-state index contributed by atoms with van der Waals surface area (Å²) in [6.07, 6.45) is 7.62. The van der Waals surface area contributed by atoms with Gasteiger partial charge in [0.2, 0.25) is 0 Å². The van der Waals surface area contributed by atoms with Crippen LogP contribution in [-0.2, 0) is 6.42 Å². The van der Waals surface area contributed by atoms with Crippen molar-refractivity contribution < 1.29 is 0 Å². The van der Waals surface area contributed by atoms with Crippen molar-refractivity contribution >= 4 is 11.6 Å². The van der Waals surface area contributed by atoms with Crippen LogP contribution in [0.5, 0.6) is 0 Å².